The van der Waals surface area contributed by atoms with Gasteiger partial charge < -0.3 is 10.2 Å². The number of hydrogen-bond acceptors (Lipinski definition) is 3. The minimum atomic E-state index is 0.682. The van der Waals surface area contributed by atoms with Gasteiger partial charge in [-0.25, -0.2) is 4.98 Å². The fourth-order valence-electron chi connectivity index (χ4n) is 2.44. The normalized spacial score (nSPS) is 18.8. The van der Waals surface area contributed by atoms with Gasteiger partial charge in [0.25, 0.3) is 0 Å². The topological polar surface area (TPSA) is 28.2 Å². The molecule has 0 radical (unpaired) electrons. The predicted molar refractivity (Wildman–Crippen MR) is 81.5 cm³/mol. The molecule has 1 unspecified atom stereocenters. The first-order chi connectivity index (χ1) is 9.16. The molecule has 0 aromatic carbocycles. The van der Waals surface area contributed by atoms with Crippen molar-refractivity contribution in [2.24, 2.45) is 11.8 Å². The minimum absolute atomic E-state index is 0.682. The molecule has 106 valence electrons. The van der Waals surface area contributed by atoms with E-state index in [9.17, 15) is 0 Å². The fraction of sp³-hybridized carbons (Fsp3) is 0.688. The van der Waals surface area contributed by atoms with Gasteiger partial charge in [-0.15, -0.1) is 0 Å². The van der Waals surface area contributed by atoms with Gasteiger partial charge in [-0.05, 0) is 43.4 Å². The van der Waals surface area contributed by atoms with E-state index in [4.69, 9.17) is 0 Å². The molecule has 0 saturated carbocycles. The highest BCUT2D eigenvalue weighted by atomic mass is 15.2. The van der Waals surface area contributed by atoms with Gasteiger partial charge in [0.05, 0.1) is 0 Å². The van der Waals surface area contributed by atoms with Crippen LogP contribution in [-0.2, 0) is 0 Å². The van der Waals surface area contributed by atoms with Crippen LogP contribution in [0, 0.1) is 11.8 Å². The molecule has 0 bridgehead atoms. The molecule has 1 aromatic heterocycles. The van der Waals surface area contributed by atoms with E-state index in [1.54, 1.807) is 0 Å². The Morgan fingerprint density at radius 1 is 1.26 bits per heavy atom. The lowest BCUT2D eigenvalue weighted by Gasteiger charge is -2.34. The Morgan fingerprint density at radius 2 is 2.00 bits per heavy atom. The standard InChI is InChI=1S/C16H27N3/c1-13(2)14(3)12-18-15-7-10-19(11-8-15)16-6-4-5-9-17-16/h4-6,9,13-15,18H,7-8,10-12H2,1-3H3. The Kier molecular flexibility index (Phi) is 5.20. The molecule has 1 aliphatic heterocycles. The van der Waals surface area contributed by atoms with Crippen molar-refractivity contribution in [2.75, 3.05) is 24.5 Å². The van der Waals surface area contributed by atoms with Gasteiger partial charge in [-0.2, -0.15) is 0 Å². The van der Waals surface area contributed by atoms with E-state index in [0.717, 1.165) is 37.3 Å². The SMILES string of the molecule is CC(C)C(C)CNC1CCN(c2ccccn2)CC1. The van der Waals surface area contributed by atoms with Gasteiger partial charge in [0.15, 0.2) is 0 Å². The van der Waals surface area contributed by atoms with E-state index in [1.165, 1.54) is 12.8 Å². The van der Waals surface area contributed by atoms with Gasteiger partial charge in [-0.1, -0.05) is 26.8 Å². The highest BCUT2D eigenvalue weighted by Crippen LogP contribution is 2.17. The largest absolute Gasteiger partial charge is 0.357 e. The van der Waals surface area contributed by atoms with Gasteiger partial charge >= 0.3 is 0 Å². The van der Waals surface area contributed by atoms with E-state index in [0.29, 0.717) is 6.04 Å². The maximum Gasteiger partial charge on any atom is 0.128 e. The van der Waals surface area contributed by atoms with Gasteiger partial charge in [0, 0.05) is 25.3 Å². The molecule has 0 spiro atoms. The zero-order valence-corrected chi connectivity index (χ0v) is 12.5. The van der Waals surface area contributed by atoms with Crippen LogP contribution in [0.25, 0.3) is 0 Å². The van der Waals surface area contributed by atoms with E-state index in [-0.39, 0.29) is 0 Å². The second-order valence-electron chi connectivity index (χ2n) is 6.08. The monoisotopic (exact) mass is 261 g/mol. The number of piperidine rings is 1. The zero-order valence-electron chi connectivity index (χ0n) is 12.5. The molecule has 2 rings (SSSR count). The summed E-state index contributed by atoms with van der Waals surface area (Å²) in [6.45, 7) is 10.3. The quantitative estimate of drug-likeness (QED) is 0.883. The second-order valence-corrected chi connectivity index (χ2v) is 6.08. The summed E-state index contributed by atoms with van der Waals surface area (Å²) in [6.07, 6.45) is 4.33. The summed E-state index contributed by atoms with van der Waals surface area (Å²) in [5.74, 6) is 2.64. The number of rotatable bonds is 5. The summed E-state index contributed by atoms with van der Waals surface area (Å²) in [6, 6.07) is 6.83. The number of nitrogens with zero attached hydrogens (tertiary/aromatic N) is 2. The van der Waals surface area contributed by atoms with Crippen molar-refractivity contribution in [3.8, 4) is 0 Å². The Hall–Kier alpha value is -1.09. The van der Waals surface area contributed by atoms with E-state index >= 15 is 0 Å². The lowest BCUT2D eigenvalue weighted by molar-refractivity contribution is 0.339. The number of nitrogens with one attached hydrogen (secondary N) is 1. The van der Waals surface area contributed by atoms with Crippen LogP contribution in [0.3, 0.4) is 0 Å². The molecule has 0 amide bonds. The Bertz CT molecular complexity index is 356. The van der Waals surface area contributed by atoms with Crippen molar-refractivity contribution in [3.05, 3.63) is 24.4 Å². The number of aromatic nitrogens is 1. The first-order valence-electron chi connectivity index (χ1n) is 7.56. The van der Waals surface area contributed by atoms with Crippen LogP contribution >= 0.6 is 0 Å². The highest BCUT2D eigenvalue weighted by molar-refractivity contribution is 5.38. The van der Waals surface area contributed by atoms with Crippen molar-refractivity contribution >= 4 is 5.82 Å². The van der Waals surface area contributed by atoms with Crippen LogP contribution in [0.2, 0.25) is 0 Å². The van der Waals surface area contributed by atoms with Gasteiger partial charge in [-0.3, -0.25) is 0 Å². The summed E-state index contributed by atoms with van der Waals surface area (Å²) in [5, 5.41) is 3.73. The van der Waals surface area contributed by atoms with Gasteiger partial charge in [0.1, 0.15) is 5.82 Å². The predicted octanol–water partition coefficient (Wildman–Crippen LogP) is 2.93. The molecule has 1 N–H and O–H groups in total. The maximum absolute atomic E-state index is 4.43. The minimum Gasteiger partial charge on any atom is -0.357 e. The van der Waals surface area contributed by atoms with Crippen molar-refractivity contribution in [1.29, 1.82) is 0 Å². The van der Waals surface area contributed by atoms with Crippen molar-refractivity contribution < 1.29 is 0 Å². The van der Waals surface area contributed by atoms with Crippen LogP contribution in [0.5, 0.6) is 0 Å². The average molecular weight is 261 g/mol. The Morgan fingerprint density at radius 3 is 2.58 bits per heavy atom. The van der Waals surface area contributed by atoms with Gasteiger partial charge in [0.2, 0.25) is 0 Å². The number of anilines is 1. The third kappa shape index (κ3) is 4.20. The smallest absolute Gasteiger partial charge is 0.128 e. The fourth-order valence-corrected chi connectivity index (χ4v) is 2.44. The summed E-state index contributed by atoms with van der Waals surface area (Å²) in [5.41, 5.74) is 0. The van der Waals surface area contributed by atoms with Crippen molar-refractivity contribution in [3.63, 3.8) is 0 Å². The first-order valence-corrected chi connectivity index (χ1v) is 7.56. The molecule has 1 aliphatic rings. The van der Waals surface area contributed by atoms with Crippen LogP contribution < -0.4 is 10.2 Å². The maximum atomic E-state index is 4.43. The third-order valence-electron chi connectivity index (χ3n) is 4.33. The molecule has 1 saturated heterocycles. The summed E-state index contributed by atoms with van der Waals surface area (Å²) < 4.78 is 0. The van der Waals surface area contributed by atoms with Crippen molar-refractivity contribution in [2.45, 2.75) is 39.7 Å². The molecule has 1 atom stereocenters. The van der Waals surface area contributed by atoms with E-state index < -0.39 is 0 Å². The second kappa shape index (κ2) is 6.90. The van der Waals surface area contributed by atoms with E-state index in [2.05, 4.69) is 48.1 Å². The van der Waals surface area contributed by atoms with Crippen LogP contribution in [0.4, 0.5) is 5.82 Å². The molecule has 0 aliphatic carbocycles. The molecule has 3 heteroatoms. The molecular weight excluding hydrogens is 234 g/mol. The summed E-state index contributed by atoms with van der Waals surface area (Å²) in [7, 11) is 0. The highest BCUT2D eigenvalue weighted by Gasteiger charge is 2.20. The Balaban J connectivity index is 1.74. The van der Waals surface area contributed by atoms with Crippen LogP contribution in [-0.4, -0.2) is 30.7 Å². The molecular formula is C16H27N3. The summed E-state index contributed by atoms with van der Waals surface area (Å²) in [4.78, 5) is 6.82. The average Bonchev–Trinajstić information content (AvgIpc) is 2.46. The Labute approximate surface area is 117 Å². The molecule has 2 heterocycles. The van der Waals surface area contributed by atoms with E-state index in [1.807, 2.05) is 12.3 Å². The molecule has 1 aromatic rings. The van der Waals surface area contributed by atoms with Crippen molar-refractivity contribution in [1.82, 2.24) is 10.3 Å². The molecule has 1 fully saturated rings. The molecule has 3 nitrogen and oxygen atoms in total. The van der Waals surface area contributed by atoms with Crippen LogP contribution in [0.15, 0.2) is 24.4 Å². The lowest BCUT2D eigenvalue weighted by atomic mass is 9.97. The first kappa shape index (κ1) is 14.3. The van der Waals surface area contributed by atoms with Crippen LogP contribution in [0.1, 0.15) is 33.6 Å². The third-order valence-corrected chi connectivity index (χ3v) is 4.33. The number of hydrogen-bond donors (Lipinski definition) is 1. The lowest BCUT2D eigenvalue weighted by Crippen LogP contribution is -2.44. The number of pyridine rings is 1. The zero-order chi connectivity index (χ0) is 13.7. The molecule has 19 heavy (non-hydrogen) atoms. The summed E-state index contributed by atoms with van der Waals surface area (Å²) >= 11 is 0.